The van der Waals surface area contributed by atoms with Crippen LogP contribution in [-0.4, -0.2) is 35.4 Å². The van der Waals surface area contributed by atoms with Crippen molar-refractivity contribution in [2.75, 3.05) is 18.5 Å². The molecule has 0 radical (unpaired) electrons. The molecule has 2 amide bonds. The van der Waals surface area contributed by atoms with Crippen molar-refractivity contribution in [2.45, 2.75) is 12.8 Å². The lowest BCUT2D eigenvalue weighted by Crippen LogP contribution is -2.38. The van der Waals surface area contributed by atoms with Gasteiger partial charge in [0.15, 0.2) is 11.6 Å². The van der Waals surface area contributed by atoms with Crippen molar-refractivity contribution < 1.29 is 14.0 Å². The van der Waals surface area contributed by atoms with Gasteiger partial charge in [0.2, 0.25) is 0 Å². The first-order chi connectivity index (χ1) is 14.5. The van der Waals surface area contributed by atoms with Gasteiger partial charge in [-0.25, -0.2) is 9.37 Å². The Bertz CT molecular complexity index is 1130. The molecule has 3 heterocycles. The molecule has 8 heteroatoms. The van der Waals surface area contributed by atoms with E-state index in [1.54, 1.807) is 37.5 Å². The fraction of sp³-hybridized carbons (Fsp3) is 0.182. The molecule has 6 nitrogen and oxygen atoms in total. The lowest BCUT2D eigenvalue weighted by Gasteiger charge is -2.28. The fourth-order valence-corrected chi connectivity index (χ4v) is 3.72. The highest BCUT2D eigenvalue weighted by Crippen LogP contribution is 2.30. The summed E-state index contributed by atoms with van der Waals surface area (Å²) in [5.74, 6) is -1.08. The Hall–Kier alpha value is -3.32. The summed E-state index contributed by atoms with van der Waals surface area (Å²) >= 11 is 6.46. The second kappa shape index (κ2) is 8.20. The molecule has 1 aliphatic heterocycles. The van der Waals surface area contributed by atoms with Crippen LogP contribution in [0, 0.1) is 5.82 Å². The number of hydrogen-bond donors (Lipinski definition) is 1. The summed E-state index contributed by atoms with van der Waals surface area (Å²) in [4.78, 5) is 34.2. The van der Waals surface area contributed by atoms with Crippen molar-refractivity contribution in [3.63, 3.8) is 0 Å². The van der Waals surface area contributed by atoms with Crippen molar-refractivity contribution in [3.8, 4) is 0 Å². The van der Waals surface area contributed by atoms with Crippen molar-refractivity contribution in [3.05, 3.63) is 87.6 Å². The van der Waals surface area contributed by atoms with E-state index in [0.717, 1.165) is 16.7 Å². The summed E-state index contributed by atoms with van der Waals surface area (Å²) in [6, 6.07) is 9.75. The van der Waals surface area contributed by atoms with E-state index in [4.69, 9.17) is 11.6 Å². The largest absolute Gasteiger partial charge is 0.354 e. The van der Waals surface area contributed by atoms with E-state index >= 15 is 0 Å². The van der Waals surface area contributed by atoms with Gasteiger partial charge in [0.05, 0.1) is 0 Å². The third kappa shape index (κ3) is 3.76. The van der Waals surface area contributed by atoms with Crippen LogP contribution in [0.3, 0.4) is 0 Å². The van der Waals surface area contributed by atoms with Crippen LogP contribution in [0.15, 0.2) is 48.8 Å². The van der Waals surface area contributed by atoms with Gasteiger partial charge in [-0.2, -0.15) is 0 Å². The lowest BCUT2D eigenvalue weighted by molar-refractivity contribution is 0.0955. The summed E-state index contributed by atoms with van der Waals surface area (Å²) in [5.41, 5.74) is 3.23. The number of nitrogens with one attached hydrogen (secondary N) is 1. The number of hydrogen-bond acceptors (Lipinski definition) is 4. The zero-order valence-electron chi connectivity index (χ0n) is 16.2. The maximum absolute atomic E-state index is 14.2. The van der Waals surface area contributed by atoms with Crippen molar-refractivity contribution in [2.24, 2.45) is 0 Å². The summed E-state index contributed by atoms with van der Waals surface area (Å²) in [7, 11) is 1.54. The highest BCUT2D eigenvalue weighted by Gasteiger charge is 2.29. The molecule has 152 valence electrons. The average Bonchev–Trinajstić information content (AvgIpc) is 2.76. The van der Waals surface area contributed by atoms with Crippen LogP contribution in [0.1, 0.15) is 37.5 Å². The SMILES string of the molecule is CNC(=O)c1ccc(Cc2cc3c(cc2Cl)CCN(c2ncccc2F)C3=O)cn1. The molecule has 0 saturated heterocycles. The topological polar surface area (TPSA) is 75.2 Å². The first-order valence-corrected chi connectivity index (χ1v) is 9.76. The molecular formula is C22H18ClFN4O2. The molecule has 0 unspecified atom stereocenters. The number of carbonyl (C=O) groups excluding carboxylic acids is 2. The van der Waals surface area contributed by atoms with Gasteiger partial charge in [-0.3, -0.25) is 19.5 Å². The monoisotopic (exact) mass is 424 g/mol. The Kier molecular flexibility index (Phi) is 5.46. The van der Waals surface area contributed by atoms with E-state index < -0.39 is 5.82 Å². The van der Waals surface area contributed by atoms with Gasteiger partial charge in [0.1, 0.15) is 5.69 Å². The first-order valence-electron chi connectivity index (χ1n) is 9.38. The minimum Gasteiger partial charge on any atom is -0.354 e. The van der Waals surface area contributed by atoms with Crippen molar-refractivity contribution in [1.82, 2.24) is 15.3 Å². The van der Waals surface area contributed by atoms with Gasteiger partial charge in [0, 0.05) is 43.0 Å². The molecule has 0 aliphatic carbocycles. The summed E-state index contributed by atoms with van der Waals surface area (Å²) in [5, 5.41) is 3.07. The molecule has 0 saturated carbocycles. The van der Waals surface area contributed by atoms with Gasteiger partial charge in [0.25, 0.3) is 11.8 Å². The van der Waals surface area contributed by atoms with Crippen LogP contribution in [0.5, 0.6) is 0 Å². The number of amides is 2. The number of nitrogens with zero attached hydrogens (tertiary/aromatic N) is 3. The Balaban J connectivity index is 1.63. The van der Waals surface area contributed by atoms with Gasteiger partial charge < -0.3 is 5.32 Å². The molecule has 1 N–H and O–H groups in total. The van der Waals surface area contributed by atoms with Crippen LogP contribution in [0.25, 0.3) is 0 Å². The van der Waals surface area contributed by atoms with Crippen LogP contribution >= 0.6 is 11.6 Å². The molecule has 0 bridgehead atoms. The van der Waals surface area contributed by atoms with E-state index in [-0.39, 0.29) is 17.6 Å². The Morgan fingerprint density at radius 2 is 2.10 bits per heavy atom. The zero-order chi connectivity index (χ0) is 21.3. The van der Waals surface area contributed by atoms with E-state index in [1.165, 1.54) is 23.2 Å². The molecule has 1 aromatic carbocycles. The summed E-state index contributed by atoms with van der Waals surface area (Å²) in [6.45, 7) is 0.334. The minimum atomic E-state index is -0.536. The highest BCUT2D eigenvalue weighted by molar-refractivity contribution is 6.31. The van der Waals surface area contributed by atoms with Crippen LogP contribution < -0.4 is 10.2 Å². The molecule has 1 aliphatic rings. The number of pyridine rings is 2. The molecule has 30 heavy (non-hydrogen) atoms. The maximum Gasteiger partial charge on any atom is 0.269 e. The van der Waals surface area contributed by atoms with E-state index in [1.807, 2.05) is 0 Å². The molecule has 0 fully saturated rings. The number of carbonyl (C=O) groups is 2. The number of rotatable bonds is 4. The Morgan fingerprint density at radius 1 is 1.27 bits per heavy atom. The number of aromatic nitrogens is 2. The van der Waals surface area contributed by atoms with Gasteiger partial charge >= 0.3 is 0 Å². The van der Waals surface area contributed by atoms with Gasteiger partial charge in [-0.15, -0.1) is 0 Å². The fourth-order valence-electron chi connectivity index (χ4n) is 3.47. The zero-order valence-corrected chi connectivity index (χ0v) is 16.9. The van der Waals surface area contributed by atoms with Gasteiger partial charge in [-0.1, -0.05) is 17.7 Å². The Labute approximate surface area is 177 Å². The quantitative estimate of drug-likeness (QED) is 0.696. The number of halogens is 2. The van der Waals surface area contributed by atoms with Crippen molar-refractivity contribution >= 4 is 29.2 Å². The third-order valence-corrected chi connectivity index (χ3v) is 5.38. The van der Waals surface area contributed by atoms with E-state index in [9.17, 15) is 14.0 Å². The lowest BCUT2D eigenvalue weighted by atomic mass is 9.94. The predicted molar refractivity (Wildman–Crippen MR) is 111 cm³/mol. The van der Waals surface area contributed by atoms with Crippen LogP contribution in [0.2, 0.25) is 5.02 Å². The second-order valence-electron chi connectivity index (χ2n) is 6.92. The molecule has 3 aromatic rings. The maximum atomic E-state index is 14.2. The predicted octanol–water partition coefficient (Wildman–Crippen LogP) is 3.42. The van der Waals surface area contributed by atoms with Crippen LogP contribution in [0.4, 0.5) is 10.2 Å². The molecule has 0 atom stereocenters. The third-order valence-electron chi connectivity index (χ3n) is 5.03. The molecule has 0 spiro atoms. The average molecular weight is 425 g/mol. The first kappa shape index (κ1) is 20.0. The van der Waals surface area contributed by atoms with E-state index in [0.29, 0.717) is 35.7 Å². The van der Waals surface area contributed by atoms with Crippen molar-refractivity contribution in [1.29, 1.82) is 0 Å². The molecule has 2 aromatic heterocycles. The molecule has 4 rings (SSSR count). The van der Waals surface area contributed by atoms with Crippen LogP contribution in [-0.2, 0) is 12.8 Å². The Morgan fingerprint density at radius 3 is 2.80 bits per heavy atom. The number of anilines is 1. The minimum absolute atomic E-state index is 0.0265. The summed E-state index contributed by atoms with van der Waals surface area (Å²) in [6.07, 6.45) is 4.07. The number of benzene rings is 1. The normalized spacial score (nSPS) is 13.2. The van der Waals surface area contributed by atoms with E-state index in [2.05, 4.69) is 15.3 Å². The standard InChI is InChI=1S/C22H18ClFN4O2/c1-25-21(29)19-5-4-13(12-27-19)9-15-10-16-14(11-17(15)23)6-8-28(22(16)30)20-18(24)3-2-7-26-20/h2-5,7,10-12H,6,8-9H2,1H3,(H,25,29). The smallest absolute Gasteiger partial charge is 0.269 e. The highest BCUT2D eigenvalue weighted by atomic mass is 35.5. The second-order valence-corrected chi connectivity index (χ2v) is 7.33. The van der Waals surface area contributed by atoms with Gasteiger partial charge in [-0.05, 0) is 53.4 Å². The number of fused-ring (bicyclic) bond motifs is 1. The molecular weight excluding hydrogens is 407 g/mol. The summed E-state index contributed by atoms with van der Waals surface area (Å²) < 4.78 is 14.2.